The molecule has 0 aliphatic carbocycles. The molecule has 2 aliphatic heterocycles. The summed E-state index contributed by atoms with van der Waals surface area (Å²) < 4.78 is 19.3. The Bertz CT molecular complexity index is 535. The molecular formula is C15H19FN2O2. The summed E-state index contributed by atoms with van der Waals surface area (Å²) in [5.74, 6) is -0.0976. The Kier molecular flexibility index (Phi) is 3.38. The van der Waals surface area contributed by atoms with Crippen LogP contribution in [0.1, 0.15) is 23.7 Å². The third-order valence-electron chi connectivity index (χ3n) is 4.12. The highest BCUT2D eigenvalue weighted by Crippen LogP contribution is 2.31. The van der Waals surface area contributed by atoms with Crippen LogP contribution in [-0.4, -0.2) is 54.5 Å². The maximum Gasteiger partial charge on any atom is 0.257 e. The van der Waals surface area contributed by atoms with Gasteiger partial charge in [0.2, 0.25) is 0 Å². The number of hydrogen-bond acceptors (Lipinski definition) is 3. The normalized spacial score (nSPS) is 25.9. The molecule has 4 nitrogen and oxygen atoms in total. The summed E-state index contributed by atoms with van der Waals surface area (Å²) >= 11 is 0. The third kappa shape index (κ3) is 2.16. The van der Waals surface area contributed by atoms with Gasteiger partial charge in [0, 0.05) is 26.2 Å². The minimum Gasteiger partial charge on any atom is -0.486 e. The van der Waals surface area contributed by atoms with Gasteiger partial charge in [-0.1, -0.05) is 6.92 Å². The van der Waals surface area contributed by atoms with Crippen molar-refractivity contribution in [3.05, 3.63) is 29.6 Å². The standard InChI is InChI=1S/C15H19FN2O2/c1-3-6-18-8-12-14(9-18)20-13-7-10(16)4-5-11(13)15(19)17(12)2/h4-5,7,12,14H,3,6,8-9H2,1-2H3. The van der Waals surface area contributed by atoms with E-state index in [4.69, 9.17) is 4.74 Å². The zero-order valence-corrected chi connectivity index (χ0v) is 11.8. The molecule has 1 saturated heterocycles. The topological polar surface area (TPSA) is 32.8 Å². The second-order valence-corrected chi connectivity index (χ2v) is 5.54. The first-order valence-electron chi connectivity index (χ1n) is 7.06. The lowest BCUT2D eigenvalue weighted by Gasteiger charge is -2.25. The van der Waals surface area contributed by atoms with E-state index < -0.39 is 0 Å². The molecule has 0 bridgehead atoms. The van der Waals surface area contributed by atoms with Crippen LogP contribution < -0.4 is 4.74 Å². The van der Waals surface area contributed by atoms with Crippen LogP contribution in [0.4, 0.5) is 4.39 Å². The van der Waals surface area contributed by atoms with Gasteiger partial charge in [-0.05, 0) is 25.1 Å². The average molecular weight is 278 g/mol. The van der Waals surface area contributed by atoms with E-state index in [1.807, 2.05) is 0 Å². The number of fused-ring (bicyclic) bond motifs is 2. The zero-order valence-electron chi connectivity index (χ0n) is 11.8. The van der Waals surface area contributed by atoms with E-state index in [-0.39, 0.29) is 23.9 Å². The first-order chi connectivity index (χ1) is 9.60. The molecule has 2 atom stereocenters. The SMILES string of the molecule is CCCN1CC2Oc3cc(F)ccc3C(=O)N(C)C2C1. The van der Waals surface area contributed by atoms with Crippen molar-refractivity contribution in [1.82, 2.24) is 9.80 Å². The van der Waals surface area contributed by atoms with Crippen LogP contribution in [0.25, 0.3) is 0 Å². The second-order valence-electron chi connectivity index (χ2n) is 5.54. The fourth-order valence-corrected chi connectivity index (χ4v) is 3.09. The van der Waals surface area contributed by atoms with Gasteiger partial charge in [-0.15, -0.1) is 0 Å². The largest absolute Gasteiger partial charge is 0.486 e. The Labute approximate surface area is 118 Å². The van der Waals surface area contributed by atoms with Gasteiger partial charge < -0.3 is 9.64 Å². The first-order valence-corrected chi connectivity index (χ1v) is 7.06. The number of likely N-dealkylation sites (N-methyl/N-ethyl adjacent to an activating group) is 1. The lowest BCUT2D eigenvalue weighted by atomic mass is 10.1. The molecule has 1 aromatic carbocycles. The number of likely N-dealkylation sites (tertiary alicyclic amines) is 1. The van der Waals surface area contributed by atoms with Crippen molar-refractivity contribution in [3.63, 3.8) is 0 Å². The monoisotopic (exact) mass is 278 g/mol. The minimum absolute atomic E-state index is 0.0320. The van der Waals surface area contributed by atoms with Crippen LogP contribution in [0.15, 0.2) is 18.2 Å². The molecule has 1 fully saturated rings. The lowest BCUT2D eigenvalue weighted by molar-refractivity contribution is 0.0682. The molecule has 0 saturated carbocycles. The Hall–Kier alpha value is -1.62. The Morgan fingerprint density at radius 3 is 2.95 bits per heavy atom. The molecule has 1 aromatic rings. The van der Waals surface area contributed by atoms with Crippen molar-refractivity contribution in [2.24, 2.45) is 0 Å². The highest BCUT2D eigenvalue weighted by molar-refractivity contribution is 5.97. The predicted molar refractivity (Wildman–Crippen MR) is 73.4 cm³/mol. The summed E-state index contributed by atoms with van der Waals surface area (Å²) in [5, 5.41) is 0. The van der Waals surface area contributed by atoms with Crippen LogP contribution in [0, 0.1) is 5.82 Å². The summed E-state index contributed by atoms with van der Waals surface area (Å²) in [7, 11) is 1.80. The van der Waals surface area contributed by atoms with Crippen molar-refractivity contribution >= 4 is 5.91 Å². The van der Waals surface area contributed by atoms with Gasteiger partial charge in [0.25, 0.3) is 5.91 Å². The van der Waals surface area contributed by atoms with Crippen molar-refractivity contribution in [3.8, 4) is 5.75 Å². The van der Waals surface area contributed by atoms with Crippen LogP contribution >= 0.6 is 0 Å². The van der Waals surface area contributed by atoms with E-state index in [2.05, 4.69) is 11.8 Å². The first kappa shape index (κ1) is 13.4. The molecule has 2 aliphatic rings. The Balaban J connectivity index is 1.93. The van der Waals surface area contributed by atoms with Crippen molar-refractivity contribution in [1.29, 1.82) is 0 Å². The van der Waals surface area contributed by atoms with Gasteiger partial charge in [-0.2, -0.15) is 0 Å². The smallest absolute Gasteiger partial charge is 0.257 e. The van der Waals surface area contributed by atoms with Crippen molar-refractivity contribution < 1.29 is 13.9 Å². The molecule has 0 spiro atoms. The van der Waals surface area contributed by atoms with Crippen LogP contribution in [0.5, 0.6) is 5.75 Å². The number of carbonyl (C=O) groups is 1. The quantitative estimate of drug-likeness (QED) is 0.826. The molecule has 0 radical (unpaired) electrons. The second kappa shape index (κ2) is 5.05. The highest BCUT2D eigenvalue weighted by atomic mass is 19.1. The van der Waals surface area contributed by atoms with Gasteiger partial charge in [0.1, 0.15) is 17.7 Å². The number of halogens is 1. The maximum absolute atomic E-state index is 13.4. The predicted octanol–water partition coefficient (Wildman–Crippen LogP) is 1.75. The number of rotatable bonds is 2. The molecule has 3 rings (SSSR count). The van der Waals surface area contributed by atoms with E-state index in [1.165, 1.54) is 18.2 Å². The molecule has 5 heteroatoms. The number of carbonyl (C=O) groups excluding carboxylic acids is 1. The third-order valence-corrected chi connectivity index (χ3v) is 4.12. The van der Waals surface area contributed by atoms with Crippen molar-refractivity contribution in [2.75, 3.05) is 26.7 Å². The number of benzene rings is 1. The van der Waals surface area contributed by atoms with Gasteiger partial charge in [0.05, 0.1) is 11.6 Å². The summed E-state index contributed by atoms with van der Waals surface area (Å²) in [5.41, 5.74) is 0.449. The lowest BCUT2D eigenvalue weighted by Crippen LogP contribution is -2.44. The van der Waals surface area contributed by atoms with Crippen LogP contribution in [0.2, 0.25) is 0 Å². The number of amides is 1. The summed E-state index contributed by atoms with van der Waals surface area (Å²) in [6.07, 6.45) is 0.987. The van der Waals surface area contributed by atoms with Crippen molar-refractivity contribution in [2.45, 2.75) is 25.5 Å². The molecule has 1 amide bonds. The van der Waals surface area contributed by atoms with Gasteiger partial charge in [-0.25, -0.2) is 4.39 Å². The maximum atomic E-state index is 13.4. The molecule has 0 N–H and O–H groups in total. The van der Waals surface area contributed by atoms with E-state index in [0.717, 1.165) is 26.1 Å². The Morgan fingerprint density at radius 2 is 2.20 bits per heavy atom. The van der Waals surface area contributed by atoms with E-state index in [9.17, 15) is 9.18 Å². The molecule has 2 heterocycles. The van der Waals surface area contributed by atoms with E-state index in [0.29, 0.717) is 11.3 Å². The summed E-state index contributed by atoms with van der Waals surface area (Å²) in [6.45, 7) is 4.73. The molecule has 20 heavy (non-hydrogen) atoms. The fraction of sp³-hybridized carbons (Fsp3) is 0.533. The van der Waals surface area contributed by atoms with Gasteiger partial charge in [0.15, 0.2) is 0 Å². The molecule has 2 unspecified atom stereocenters. The van der Waals surface area contributed by atoms with Gasteiger partial charge in [-0.3, -0.25) is 9.69 Å². The van der Waals surface area contributed by atoms with Gasteiger partial charge >= 0.3 is 0 Å². The molecule has 0 aromatic heterocycles. The molecule has 108 valence electrons. The fourth-order valence-electron chi connectivity index (χ4n) is 3.09. The Morgan fingerprint density at radius 1 is 1.40 bits per heavy atom. The average Bonchev–Trinajstić information content (AvgIpc) is 2.77. The van der Waals surface area contributed by atoms with E-state index in [1.54, 1.807) is 11.9 Å². The summed E-state index contributed by atoms with van der Waals surface area (Å²) in [4.78, 5) is 16.5. The zero-order chi connectivity index (χ0) is 14.3. The van der Waals surface area contributed by atoms with E-state index >= 15 is 0 Å². The number of hydrogen-bond donors (Lipinski definition) is 0. The highest BCUT2D eigenvalue weighted by Gasteiger charge is 2.41. The summed E-state index contributed by atoms with van der Waals surface area (Å²) in [6, 6.07) is 4.16. The van der Waals surface area contributed by atoms with Crippen LogP contribution in [0.3, 0.4) is 0 Å². The number of ether oxygens (including phenoxy) is 1. The molecular weight excluding hydrogens is 259 g/mol. The number of nitrogens with zero attached hydrogens (tertiary/aromatic N) is 2. The van der Waals surface area contributed by atoms with Crippen LogP contribution in [-0.2, 0) is 0 Å². The minimum atomic E-state index is -0.374.